The number of benzene rings is 2. The standard InChI is InChI=1S/C17H20N2/c1-13-5-4-8-14(9-13)17(10-18)19-11-15-6-2-3-7-16(15)12-19/h2-9,17H,10-12,18H2,1H3. The molecule has 2 heteroatoms. The van der Waals surface area contributed by atoms with Gasteiger partial charge >= 0.3 is 0 Å². The van der Waals surface area contributed by atoms with Crippen LogP contribution in [-0.2, 0) is 13.1 Å². The molecule has 1 aliphatic rings. The van der Waals surface area contributed by atoms with Crippen molar-refractivity contribution in [1.82, 2.24) is 4.90 Å². The Balaban J connectivity index is 1.86. The lowest BCUT2D eigenvalue weighted by molar-refractivity contribution is 0.205. The maximum absolute atomic E-state index is 6.03. The summed E-state index contributed by atoms with van der Waals surface area (Å²) in [6.07, 6.45) is 0. The van der Waals surface area contributed by atoms with Crippen LogP contribution in [-0.4, -0.2) is 11.4 Å². The first-order valence-electron chi connectivity index (χ1n) is 6.85. The van der Waals surface area contributed by atoms with E-state index in [1.165, 1.54) is 22.3 Å². The Morgan fingerprint density at radius 1 is 1.05 bits per heavy atom. The average Bonchev–Trinajstić information content (AvgIpc) is 2.83. The number of aryl methyl sites for hydroxylation is 1. The molecule has 0 aliphatic carbocycles. The molecular formula is C17H20N2. The molecule has 0 aromatic heterocycles. The summed E-state index contributed by atoms with van der Waals surface area (Å²) in [7, 11) is 0. The zero-order chi connectivity index (χ0) is 13.2. The van der Waals surface area contributed by atoms with Gasteiger partial charge in [0.1, 0.15) is 0 Å². The molecule has 1 atom stereocenters. The van der Waals surface area contributed by atoms with Gasteiger partial charge in [-0.3, -0.25) is 4.90 Å². The Hall–Kier alpha value is -1.64. The highest BCUT2D eigenvalue weighted by atomic mass is 15.2. The topological polar surface area (TPSA) is 29.3 Å². The average molecular weight is 252 g/mol. The molecule has 0 saturated heterocycles. The van der Waals surface area contributed by atoms with Gasteiger partial charge in [-0.05, 0) is 23.6 Å². The maximum atomic E-state index is 6.03. The SMILES string of the molecule is Cc1cccc(C(CN)N2Cc3ccccc3C2)c1. The van der Waals surface area contributed by atoms with E-state index in [2.05, 4.69) is 60.4 Å². The van der Waals surface area contributed by atoms with Gasteiger partial charge < -0.3 is 5.73 Å². The summed E-state index contributed by atoms with van der Waals surface area (Å²) >= 11 is 0. The van der Waals surface area contributed by atoms with Crippen molar-refractivity contribution in [3.8, 4) is 0 Å². The third-order valence-electron chi connectivity index (χ3n) is 3.96. The van der Waals surface area contributed by atoms with Gasteiger partial charge in [0.25, 0.3) is 0 Å². The van der Waals surface area contributed by atoms with Crippen molar-refractivity contribution in [1.29, 1.82) is 0 Å². The minimum atomic E-state index is 0.312. The molecule has 2 aromatic carbocycles. The highest BCUT2D eigenvalue weighted by molar-refractivity contribution is 5.32. The van der Waals surface area contributed by atoms with E-state index in [1.807, 2.05) is 0 Å². The fourth-order valence-electron chi connectivity index (χ4n) is 2.95. The highest BCUT2D eigenvalue weighted by Gasteiger charge is 2.25. The Bertz CT molecular complexity index is 552. The van der Waals surface area contributed by atoms with Crippen molar-refractivity contribution in [3.05, 3.63) is 70.8 Å². The van der Waals surface area contributed by atoms with Crippen LogP contribution < -0.4 is 5.73 Å². The van der Waals surface area contributed by atoms with Crippen molar-refractivity contribution >= 4 is 0 Å². The summed E-state index contributed by atoms with van der Waals surface area (Å²) < 4.78 is 0. The Morgan fingerprint density at radius 2 is 1.74 bits per heavy atom. The van der Waals surface area contributed by atoms with E-state index in [4.69, 9.17) is 5.73 Å². The molecule has 19 heavy (non-hydrogen) atoms. The lowest BCUT2D eigenvalue weighted by atomic mass is 10.0. The van der Waals surface area contributed by atoms with Gasteiger partial charge in [0, 0.05) is 25.7 Å². The van der Waals surface area contributed by atoms with E-state index in [1.54, 1.807) is 0 Å². The molecule has 2 nitrogen and oxygen atoms in total. The number of nitrogens with zero attached hydrogens (tertiary/aromatic N) is 1. The minimum Gasteiger partial charge on any atom is -0.329 e. The zero-order valence-corrected chi connectivity index (χ0v) is 11.3. The number of fused-ring (bicyclic) bond motifs is 1. The van der Waals surface area contributed by atoms with Gasteiger partial charge in [-0.15, -0.1) is 0 Å². The molecule has 0 saturated carbocycles. The van der Waals surface area contributed by atoms with Crippen LogP contribution >= 0.6 is 0 Å². The Labute approximate surface area is 114 Å². The summed E-state index contributed by atoms with van der Waals surface area (Å²) in [6, 6.07) is 17.7. The second-order valence-corrected chi connectivity index (χ2v) is 5.34. The van der Waals surface area contributed by atoms with E-state index in [0.717, 1.165) is 13.1 Å². The lowest BCUT2D eigenvalue weighted by Crippen LogP contribution is -2.29. The molecule has 98 valence electrons. The van der Waals surface area contributed by atoms with Crippen LogP contribution in [0.3, 0.4) is 0 Å². The number of nitrogens with two attached hydrogens (primary N) is 1. The molecule has 1 unspecified atom stereocenters. The fraction of sp³-hybridized carbons (Fsp3) is 0.294. The predicted octanol–water partition coefficient (Wildman–Crippen LogP) is 3.01. The third-order valence-corrected chi connectivity index (χ3v) is 3.96. The molecule has 2 aromatic rings. The van der Waals surface area contributed by atoms with Crippen LogP contribution in [0.4, 0.5) is 0 Å². The molecule has 1 heterocycles. The van der Waals surface area contributed by atoms with Crippen molar-refractivity contribution in [2.75, 3.05) is 6.54 Å². The molecule has 0 fully saturated rings. The Kier molecular flexibility index (Phi) is 3.36. The summed E-state index contributed by atoms with van der Waals surface area (Å²) in [5.74, 6) is 0. The zero-order valence-electron chi connectivity index (χ0n) is 11.3. The van der Waals surface area contributed by atoms with E-state index in [9.17, 15) is 0 Å². The summed E-state index contributed by atoms with van der Waals surface area (Å²) in [5.41, 5.74) is 11.5. The third kappa shape index (κ3) is 2.42. The van der Waals surface area contributed by atoms with Crippen LogP contribution in [0.25, 0.3) is 0 Å². The van der Waals surface area contributed by atoms with Crippen LogP contribution in [0.1, 0.15) is 28.3 Å². The largest absolute Gasteiger partial charge is 0.329 e. The van der Waals surface area contributed by atoms with Gasteiger partial charge in [0.15, 0.2) is 0 Å². The highest BCUT2D eigenvalue weighted by Crippen LogP contribution is 2.30. The van der Waals surface area contributed by atoms with Gasteiger partial charge in [-0.2, -0.15) is 0 Å². The number of rotatable bonds is 3. The summed E-state index contributed by atoms with van der Waals surface area (Å²) in [5, 5.41) is 0. The molecule has 2 N–H and O–H groups in total. The molecule has 0 radical (unpaired) electrons. The van der Waals surface area contributed by atoms with Crippen molar-refractivity contribution < 1.29 is 0 Å². The monoisotopic (exact) mass is 252 g/mol. The summed E-state index contributed by atoms with van der Waals surface area (Å²) in [6.45, 7) is 4.81. The first-order valence-corrected chi connectivity index (χ1v) is 6.85. The molecule has 1 aliphatic heterocycles. The van der Waals surface area contributed by atoms with Crippen LogP contribution in [0, 0.1) is 6.92 Å². The molecule has 0 amide bonds. The molecule has 3 rings (SSSR count). The first-order chi connectivity index (χ1) is 9.28. The van der Waals surface area contributed by atoms with Crippen molar-refractivity contribution in [2.24, 2.45) is 5.73 Å². The van der Waals surface area contributed by atoms with E-state index < -0.39 is 0 Å². The predicted molar refractivity (Wildman–Crippen MR) is 78.7 cm³/mol. The maximum Gasteiger partial charge on any atom is 0.0477 e. The van der Waals surface area contributed by atoms with Crippen LogP contribution in [0.15, 0.2) is 48.5 Å². The molecule has 0 bridgehead atoms. The normalized spacial score (nSPS) is 16.3. The fourth-order valence-corrected chi connectivity index (χ4v) is 2.95. The minimum absolute atomic E-state index is 0.312. The van der Waals surface area contributed by atoms with E-state index >= 15 is 0 Å². The first kappa shape index (κ1) is 12.4. The molecule has 0 spiro atoms. The second kappa shape index (κ2) is 5.16. The lowest BCUT2D eigenvalue weighted by Gasteiger charge is -2.27. The van der Waals surface area contributed by atoms with Crippen molar-refractivity contribution in [2.45, 2.75) is 26.1 Å². The number of hydrogen-bond donors (Lipinski definition) is 1. The van der Waals surface area contributed by atoms with Gasteiger partial charge in [-0.25, -0.2) is 0 Å². The van der Waals surface area contributed by atoms with E-state index in [0.29, 0.717) is 12.6 Å². The van der Waals surface area contributed by atoms with Gasteiger partial charge in [-0.1, -0.05) is 54.1 Å². The van der Waals surface area contributed by atoms with Crippen LogP contribution in [0.2, 0.25) is 0 Å². The van der Waals surface area contributed by atoms with E-state index in [-0.39, 0.29) is 0 Å². The smallest absolute Gasteiger partial charge is 0.0477 e. The van der Waals surface area contributed by atoms with Gasteiger partial charge in [0.05, 0.1) is 0 Å². The quantitative estimate of drug-likeness (QED) is 0.910. The van der Waals surface area contributed by atoms with Gasteiger partial charge in [0.2, 0.25) is 0 Å². The van der Waals surface area contributed by atoms with Crippen LogP contribution in [0.5, 0.6) is 0 Å². The van der Waals surface area contributed by atoms with Crippen molar-refractivity contribution in [3.63, 3.8) is 0 Å². The summed E-state index contributed by atoms with van der Waals surface area (Å²) in [4.78, 5) is 2.47. The second-order valence-electron chi connectivity index (χ2n) is 5.34. The Morgan fingerprint density at radius 3 is 2.32 bits per heavy atom. The number of hydrogen-bond acceptors (Lipinski definition) is 2. The molecular weight excluding hydrogens is 232 g/mol.